The highest BCUT2D eigenvalue weighted by Gasteiger charge is 2.68. The van der Waals surface area contributed by atoms with Gasteiger partial charge in [0.2, 0.25) is 0 Å². The van der Waals surface area contributed by atoms with Gasteiger partial charge in [0.1, 0.15) is 5.78 Å². The number of carbonyl (C=O) groups is 1. The van der Waals surface area contributed by atoms with Gasteiger partial charge in [-0.2, -0.15) is 0 Å². The molecule has 2 bridgehead atoms. The van der Waals surface area contributed by atoms with Crippen LogP contribution in [0.25, 0.3) is 0 Å². The first kappa shape index (κ1) is 24.9. The monoisotopic (exact) mass is 453 g/mol. The van der Waals surface area contributed by atoms with Crippen molar-refractivity contribution in [1.82, 2.24) is 0 Å². The normalized spacial score (nSPS) is 32.5. The molecule has 1 aliphatic heterocycles. The molecular formula is C28H44BNO3. The Morgan fingerprint density at radius 3 is 2.58 bits per heavy atom. The Morgan fingerprint density at radius 1 is 1.18 bits per heavy atom. The second-order valence-electron chi connectivity index (χ2n) is 11.9. The van der Waals surface area contributed by atoms with E-state index < -0.39 is 0 Å². The van der Waals surface area contributed by atoms with Crippen molar-refractivity contribution in [1.29, 1.82) is 0 Å². The second-order valence-corrected chi connectivity index (χ2v) is 11.9. The largest absolute Gasteiger partial charge is 0.461 e. The van der Waals surface area contributed by atoms with E-state index in [1.165, 1.54) is 12.0 Å². The van der Waals surface area contributed by atoms with Gasteiger partial charge in [0.25, 0.3) is 0 Å². The molecular weight excluding hydrogens is 409 g/mol. The molecule has 3 unspecified atom stereocenters. The summed E-state index contributed by atoms with van der Waals surface area (Å²) in [6.45, 7) is 11.4. The summed E-state index contributed by atoms with van der Waals surface area (Å²) < 4.78 is 13.4. The molecule has 4 aliphatic rings. The second kappa shape index (κ2) is 9.83. The molecule has 1 aromatic carbocycles. The summed E-state index contributed by atoms with van der Waals surface area (Å²) in [7, 11) is -0.257. The number of hydrogen-bond donors (Lipinski definition) is 1. The molecule has 2 N–H and O–H groups in total. The predicted octanol–water partition coefficient (Wildman–Crippen LogP) is 5.83. The maximum Gasteiger partial charge on any atom is 0.461 e. The molecule has 1 heterocycles. The number of carbonyl (C=O) groups excluding carboxylic acids is 1. The number of nitrogens with two attached hydrogens (primary N) is 1. The highest BCUT2D eigenvalue weighted by atomic mass is 16.7. The molecule has 7 atom stereocenters. The van der Waals surface area contributed by atoms with Crippen molar-refractivity contribution < 1.29 is 14.1 Å². The summed E-state index contributed by atoms with van der Waals surface area (Å²) in [4.78, 5) is 13.1. The van der Waals surface area contributed by atoms with Crippen molar-refractivity contribution >= 4 is 12.9 Å². The zero-order chi connectivity index (χ0) is 23.8. The van der Waals surface area contributed by atoms with Crippen LogP contribution in [0.2, 0.25) is 5.82 Å². The van der Waals surface area contributed by atoms with E-state index in [1.807, 2.05) is 6.07 Å². The van der Waals surface area contributed by atoms with Gasteiger partial charge in [0.15, 0.2) is 0 Å². The van der Waals surface area contributed by atoms with Crippen LogP contribution in [0.3, 0.4) is 0 Å². The van der Waals surface area contributed by atoms with Crippen LogP contribution in [0.15, 0.2) is 30.3 Å². The van der Waals surface area contributed by atoms with E-state index in [-0.39, 0.29) is 42.4 Å². The maximum atomic E-state index is 13.1. The first-order valence-corrected chi connectivity index (χ1v) is 13.3. The number of unbranched alkanes of at least 4 members (excludes halogenated alkanes) is 2. The zero-order valence-electron chi connectivity index (χ0n) is 21.4. The number of benzene rings is 1. The Hall–Kier alpha value is -1.17. The van der Waals surface area contributed by atoms with E-state index in [0.717, 1.165) is 44.4 Å². The fourth-order valence-corrected chi connectivity index (χ4v) is 6.89. The molecule has 0 radical (unpaired) electrons. The van der Waals surface area contributed by atoms with Gasteiger partial charge in [0.05, 0.1) is 17.7 Å². The fraction of sp³-hybridized carbons (Fsp3) is 0.750. The lowest BCUT2D eigenvalue weighted by Crippen LogP contribution is -2.65. The Bertz CT molecular complexity index is 815. The highest BCUT2D eigenvalue weighted by Crippen LogP contribution is 2.66. The van der Waals surface area contributed by atoms with Gasteiger partial charge < -0.3 is 15.0 Å². The Balaban J connectivity index is 1.46. The number of rotatable bonds is 11. The van der Waals surface area contributed by atoms with Crippen molar-refractivity contribution in [2.45, 2.75) is 110 Å². The van der Waals surface area contributed by atoms with E-state index in [4.69, 9.17) is 15.0 Å². The molecule has 3 saturated carbocycles. The van der Waals surface area contributed by atoms with Crippen LogP contribution in [-0.4, -0.2) is 30.6 Å². The third-order valence-electron chi connectivity index (χ3n) is 9.48. The molecule has 33 heavy (non-hydrogen) atoms. The van der Waals surface area contributed by atoms with E-state index in [0.29, 0.717) is 17.8 Å². The van der Waals surface area contributed by atoms with Crippen LogP contribution >= 0.6 is 0 Å². The predicted molar refractivity (Wildman–Crippen MR) is 135 cm³/mol. The molecule has 0 spiro atoms. The highest BCUT2D eigenvalue weighted by molar-refractivity contribution is 6.47. The summed E-state index contributed by atoms with van der Waals surface area (Å²) in [5, 5.41) is 0. The van der Waals surface area contributed by atoms with Crippen molar-refractivity contribution in [2.75, 3.05) is 0 Å². The third kappa shape index (κ3) is 4.83. The standard InChI is InChI=1S/C28H44BNO3/c1-6-7-9-14-23(30)24(31)16-21(15-20-12-10-8-11-13-20)19(2)29-32-26-18-22-17-25(27(22,3)4)28(26,5)33-29/h8,10-13,19,21-23,25-26H,6-7,9,14-18,30H2,1-5H3/t19-,21+,22?,23+,25?,26?,28-/m1/s1. The van der Waals surface area contributed by atoms with Crippen molar-refractivity contribution in [3.8, 4) is 0 Å². The Kier molecular flexibility index (Phi) is 7.43. The van der Waals surface area contributed by atoms with Gasteiger partial charge in [-0.25, -0.2) is 0 Å². The third-order valence-corrected chi connectivity index (χ3v) is 9.48. The molecule has 0 aromatic heterocycles. The lowest BCUT2D eigenvalue weighted by molar-refractivity contribution is -0.199. The maximum absolute atomic E-state index is 13.1. The van der Waals surface area contributed by atoms with Crippen LogP contribution < -0.4 is 5.73 Å². The van der Waals surface area contributed by atoms with Gasteiger partial charge in [0, 0.05) is 6.42 Å². The van der Waals surface area contributed by atoms with Gasteiger partial charge in [-0.15, -0.1) is 0 Å². The molecule has 182 valence electrons. The Morgan fingerprint density at radius 2 is 1.91 bits per heavy atom. The molecule has 1 aromatic rings. The molecule has 1 saturated heterocycles. The topological polar surface area (TPSA) is 61.6 Å². The lowest BCUT2D eigenvalue weighted by atomic mass is 9.43. The van der Waals surface area contributed by atoms with Crippen LogP contribution in [0.5, 0.6) is 0 Å². The molecule has 5 rings (SSSR count). The van der Waals surface area contributed by atoms with E-state index >= 15 is 0 Å². The number of ketones is 1. The molecule has 4 nitrogen and oxygen atoms in total. The van der Waals surface area contributed by atoms with Crippen LogP contribution in [0.1, 0.15) is 85.1 Å². The summed E-state index contributed by atoms with van der Waals surface area (Å²) in [6, 6.07) is 10.1. The summed E-state index contributed by atoms with van der Waals surface area (Å²) in [5.41, 5.74) is 7.68. The minimum Gasteiger partial charge on any atom is -0.405 e. The van der Waals surface area contributed by atoms with Crippen molar-refractivity contribution in [3.05, 3.63) is 35.9 Å². The minimum atomic E-state index is -0.361. The van der Waals surface area contributed by atoms with Crippen LogP contribution in [0, 0.1) is 23.2 Å². The van der Waals surface area contributed by atoms with Crippen LogP contribution in [-0.2, 0) is 20.5 Å². The van der Waals surface area contributed by atoms with Gasteiger partial charge in [-0.05, 0) is 67.2 Å². The number of Topliss-reactive ketones (excluding diaryl/α,β-unsaturated/α-hetero) is 1. The van der Waals surface area contributed by atoms with E-state index in [1.54, 1.807) is 0 Å². The average molecular weight is 453 g/mol. The van der Waals surface area contributed by atoms with Crippen molar-refractivity contribution in [2.24, 2.45) is 28.9 Å². The SMILES string of the molecule is CCCCC[C@H](N)C(=O)C[C@H](Cc1ccccc1)[C@@H](C)B1OC2CC3CC(C3(C)C)[C@@]2(C)O1. The molecule has 0 amide bonds. The zero-order valence-corrected chi connectivity index (χ0v) is 21.4. The Labute approximate surface area is 201 Å². The van der Waals surface area contributed by atoms with Gasteiger partial charge >= 0.3 is 7.12 Å². The fourth-order valence-electron chi connectivity index (χ4n) is 6.89. The molecule has 3 aliphatic carbocycles. The van der Waals surface area contributed by atoms with E-state index in [2.05, 4.69) is 58.9 Å². The minimum absolute atomic E-state index is 0.125. The van der Waals surface area contributed by atoms with Crippen molar-refractivity contribution in [3.63, 3.8) is 0 Å². The first-order valence-electron chi connectivity index (χ1n) is 13.3. The van der Waals surface area contributed by atoms with Gasteiger partial charge in [-0.3, -0.25) is 4.79 Å². The molecule has 4 fully saturated rings. The summed E-state index contributed by atoms with van der Waals surface area (Å²) in [6.07, 6.45) is 7.94. The van der Waals surface area contributed by atoms with Gasteiger partial charge in [-0.1, -0.05) is 77.3 Å². The quantitative estimate of drug-likeness (QED) is 0.338. The van der Waals surface area contributed by atoms with E-state index in [9.17, 15) is 4.79 Å². The van der Waals surface area contributed by atoms with Crippen LogP contribution in [0.4, 0.5) is 0 Å². The number of hydrogen-bond acceptors (Lipinski definition) is 4. The molecule has 5 heteroatoms. The average Bonchev–Trinajstić information content (AvgIpc) is 3.15. The lowest BCUT2D eigenvalue weighted by Gasteiger charge is -2.64. The smallest absolute Gasteiger partial charge is 0.405 e. The summed E-state index contributed by atoms with van der Waals surface area (Å²) in [5.74, 6) is 1.74. The first-order chi connectivity index (χ1) is 15.7. The summed E-state index contributed by atoms with van der Waals surface area (Å²) >= 11 is 0.